The molecule has 0 bridgehead atoms. The van der Waals surface area contributed by atoms with Crippen LogP contribution >= 0.6 is 0 Å². The Bertz CT molecular complexity index is 241. The highest BCUT2D eigenvalue weighted by Crippen LogP contribution is 2.33. The lowest BCUT2D eigenvalue weighted by Crippen LogP contribution is -2.51. The zero-order valence-corrected chi connectivity index (χ0v) is 12.6. The molecule has 0 aromatic heterocycles. The van der Waals surface area contributed by atoms with E-state index >= 15 is 0 Å². The van der Waals surface area contributed by atoms with E-state index in [0.717, 1.165) is 23.9 Å². The van der Waals surface area contributed by atoms with Crippen LogP contribution in [0.25, 0.3) is 0 Å². The van der Waals surface area contributed by atoms with Crippen molar-refractivity contribution in [1.82, 2.24) is 10.2 Å². The Hall–Kier alpha value is -0.0800. The minimum absolute atomic E-state index is 0.758. The molecule has 1 saturated heterocycles. The number of hydrogen-bond donors (Lipinski definition) is 1. The van der Waals surface area contributed by atoms with Crippen molar-refractivity contribution in [1.29, 1.82) is 0 Å². The zero-order valence-electron chi connectivity index (χ0n) is 12.6. The molecule has 0 spiro atoms. The SMILES string of the molecule is CCCNC1CCCN(C2CCC(C)C(C)C2)C1. The molecule has 0 aromatic rings. The predicted molar refractivity (Wildman–Crippen MR) is 78.9 cm³/mol. The van der Waals surface area contributed by atoms with Crippen molar-refractivity contribution in [3.05, 3.63) is 0 Å². The van der Waals surface area contributed by atoms with Crippen LogP contribution in [-0.4, -0.2) is 36.6 Å². The maximum Gasteiger partial charge on any atom is 0.0195 e. The molecule has 106 valence electrons. The summed E-state index contributed by atoms with van der Waals surface area (Å²) in [6.45, 7) is 11.0. The van der Waals surface area contributed by atoms with Crippen molar-refractivity contribution in [2.75, 3.05) is 19.6 Å². The predicted octanol–water partition coefficient (Wildman–Crippen LogP) is 3.28. The number of piperidine rings is 1. The summed E-state index contributed by atoms with van der Waals surface area (Å²) in [5.74, 6) is 1.87. The van der Waals surface area contributed by atoms with Gasteiger partial charge in [-0.25, -0.2) is 0 Å². The Morgan fingerprint density at radius 2 is 1.94 bits per heavy atom. The number of hydrogen-bond acceptors (Lipinski definition) is 2. The fourth-order valence-electron chi connectivity index (χ4n) is 3.70. The number of nitrogens with zero attached hydrogens (tertiary/aromatic N) is 1. The minimum Gasteiger partial charge on any atom is -0.313 e. The van der Waals surface area contributed by atoms with Crippen LogP contribution in [0.5, 0.6) is 0 Å². The van der Waals surface area contributed by atoms with Gasteiger partial charge in [-0.15, -0.1) is 0 Å². The Balaban J connectivity index is 1.81. The van der Waals surface area contributed by atoms with Gasteiger partial charge in [-0.1, -0.05) is 20.8 Å². The maximum absolute atomic E-state index is 3.72. The van der Waals surface area contributed by atoms with Gasteiger partial charge in [-0.3, -0.25) is 4.90 Å². The lowest BCUT2D eigenvalue weighted by Gasteiger charge is -2.43. The molecule has 2 fully saturated rings. The van der Waals surface area contributed by atoms with E-state index in [9.17, 15) is 0 Å². The molecule has 0 amide bonds. The largest absolute Gasteiger partial charge is 0.313 e. The van der Waals surface area contributed by atoms with Crippen molar-refractivity contribution in [2.45, 2.75) is 71.4 Å². The first-order chi connectivity index (χ1) is 8.70. The molecule has 0 aromatic carbocycles. The van der Waals surface area contributed by atoms with Gasteiger partial charge in [-0.05, 0) is 63.5 Å². The molecule has 2 heteroatoms. The van der Waals surface area contributed by atoms with Gasteiger partial charge in [0, 0.05) is 18.6 Å². The van der Waals surface area contributed by atoms with Crippen LogP contribution in [-0.2, 0) is 0 Å². The van der Waals surface area contributed by atoms with Crippen molar-refractivity contribution in [3.8, 4) is 0 Å². The van der Waals surface area contributed by atoms with Crippen LogP contribution in [0.4, 0.5) is 0 Å². The Morgan fingerprint density at radius 1 is 1.11 bits per heavy atom. The molecule has 2 rings (SSSR count). The average molecular weight is 252 g/mol. The highest BCUT2D eigenvalue weighted by molar-refractivity contribution is 4.87. The molecule has 1 aliphatic heterocycles. The van der Waals surface area contributed by atoms with E-state index in [2.05, 4.69) is 31.0 Å². The van der Waals surface area contributed by atoms with Gasteiger partial charge in [0.1, 0.15) is 0 Å². The van der Waals surface area contributed by atoms with Gasteiger partial charge < -0.3 is 5.32 Å². The first-order valence-corrected chi connectivity index (χ1v) is 8.18. The van der Waals surface area contributed by atoms with Gasteiger partial charge >= 0.3 is 0 Å². The maximum atomic E-state index is 3.72. The van der Waals surface area contributed by atoms with Crippen molar-refractivity contribution >= 4 is 0 Å². The Morgan fingerprint density at radius 3 is 2.67 bits per heavy atom. The molecule has 1 saturated carbocycles. The first-order valence-electron chi connectivity index (χ1n) is 8.18. The zero-order chi connectivity index (χ0) is 13.0. The van der Waals surface area contributed by atoms with E-state index in [1.54, 1.807) is 0 Å². The summed E-state index contributed by atoms with van der Waals surface area (Å²) in [4.78, 5) is 2.79. The van der Waals surface area contributed by atoms with E-state index in [1.165, 1.54) is 58.2 Å². The van der Waals surface area contributed by atoms with Crippen LogP contribution < -0.4 is 5.32 Å². The van der Waals surface area contributed by atoms with Crippen molar-refractivity contribution < 1.29 is 0 Å². The van der Waals surface area contributed by atoms with Gasteiger partial charge in [0.25, 0.3) is 0 Å². The van der Waals surface area contributed by atoms with Crippen LogP contribution in [0.1, 0.15) is 59.3 Å². The second kappa shape index (κ2) is 6.91. The second-order valence-electron chi connectivity index (χ2n) is 6.71. The molecular formula is C16H32N2. The third-order valence-corrected chi connectivity index (χ3v) is 5.22. The summed E-state index contributed by atoms with van der Waals surface area (Å²) in [5, 5.41) is 3.72. The molecular weight excluding hydrogens is 220 g/mol. The smallest absolute Gasteiger partial charge is 0.0195 e. The number of nitrogens with one attached hydrogen (secondary N) is 1. The molecule has 1 N–H and O–H groups in total. The van der Waals surface area contributed by atoms with E-state index in [4.69, 9.17) is 0 Å². The molecule has 4 unspecified atom stereocenters. The molecule has 0 radical (unpaired) electrons. The first kappa shape index (κ1) is 14.3. The number of rotatable bonds is 4. The van der Waals surface area contributed by atoms with Crippen LogP contribution in [0.15, 0.2) is 0 Å². The van der Waals surface area contributed by atoms with Gasteiger partial charge in [0.2, 0.25) is 0 Å². The van der Waals surface area contributed by atoms with Crippen LogP contribution in [0, 0.1) is 11.8 Å². The summed E-state index contributed by atoms with van der Waals surface area (Å²) >= 11 is 0. The average Bonchev–Trinajstić information content (AvgIpc) is 2.40. The summed E-state index contributed by atoms with van der Waals surface area (Å²) in [6, 6.07) is 1.63. The quantitative estimate of drug-likeness (QED) is 0.826. The molecule has 1 aliphatic carbocycles. The molecule has 2 nitrogen and oxygen atoms in total. The molecule has 18 heavy (non-hydrogen) atoms. The van der Waals surface area contributed by atoms with E-state index in [1.807, 2.05) is 0 Å². The summed E-state index contributed by atoms with van der Waals surface area (Å²) in [6.07, 6.45) is 8.34. The van der Waals surface area contributed by atoms with Gasteiger partial charge in [-0.2, -0.15) is 0 Å². The van der Waals surface area contributed by atoms with Gasteiger partial charge in [0.05, 0.1) is 0 Å². The van der Waals surface area contributed by atoms with Crippen LogP contribution in [0.3, 0.4) is 0 Å². The van der Waals surface area contributed by atoms with Crippen molar-refractivity contribution in [2.24, 2.45) is 11.8 Å². The third-order valence-electron chi connectivity index (χ3n) is 5.22. The molecule has 4 atom stereocenters. The lowest BCUT2D eigenvalue weighted by atomic mass is 9.78. The topological polar surface area (TPSA) is 15.3 Å². The highest BCUT2D eigenvalue weighted by Gasteiger charge is 2.31. The highest BCUT2D eigenvalue weighted by atomic mass is 15.2. The molecule has 2 aliphatic rings. The lowest BCUT2D eigenvalue weighted by molar-refractivity contribution is 0.0783. The Labute approximate surface area is 114 Å². The van der Waals surface area contributed by atoms with Crippen molar-refractivity contribution in [3.63, 3.8) is 0 Å². The summed E-state index contributed by atoms with van der Waals surface area (Å²) in [5.41, 5.74) is 0. The fraction of sp³-hybridized carbons (Fsp3) is 1.00. The van der Waals surface area contributed by atoms with E-state index in [-0.39, 0.29) is 0 Å². The standard InChI is InChI=1S/C16H32N2/c1-4-9-17-15-6-5-10-18(12-15)16-8-7-13(2)14(3)11-16/h13-17H,4-12H2,1-3H3. The van der Waals surface area contributed by atoms with Crippen LogP contribution in [0.2, 0.25) is 0 Å². The number of likely N-dealkylation sites (tertiary alicyclic amines) is 1. The van der Waals surface area contributed by atoms with Gasteiger partial charge in [0.15, 0.2) is 0 Å². The van der Waals surface area contributed by atoms with E-state index in [0.29, 0.717) is 0 Å². The fourth-order valence-corrected chi connectivity index (χ4v) is 3.70. The minimum atomic E-state index is 0.758. The Kier molecular flexibility index (Phi) is 5.50. The summed E-state index contributed by atoms with van der Waals surface area (Å²) in [7, 11) is 0. The summed E-state index contributed by atoms with van der Waals surface area (Å²) < 4.78 is 0. The third kappa shape index (κ3) is 3.71. The normalized spacial score (nSPS) is 38.8. The second-order valence-corrected chi connectivity index (χ2v) is 6.71. The van der Waals surface area contributed by atoms with E-state index < -0.39 is 0 Å². The monoisotopic (exact) mass is 252 g/mol. The molecule has 1 heterocycles.